The summed E-state index contributed by atoms with van der Waals surface area (Å²) < 4.78 is 10.7. The highest BCUT2D eigenvalue weighted by atomic mass is 16.6. The summed E-state index contributed by atoms with van der Waals surface area (Å²) in [6.07, 6.45) is 8.09. The molecule has 0 bridgehead atoms. The molecule has 1 saturated carbocycles. The third kappa shape index (κ3) is 1.81. The van der Waals surface area contributed by atoms with Gasteiger partial charge in [-0.2, -0.15) is 0 Å². The molecule has 2 fully saturated rings. The van der Waals surface area contributed by atoms with E-state index < -0.39 is 29.1 Å². The first kappa shape index (κ1) is 15.3. The minimum atomic E-state index is -1.49. The number of aliphatic hydroxyl groups is 1. The van der Waals surface area contributed by atoms with E-state index in [1.165, 1.54) is 0 Å². The number of ether oxygens (including phenoxy) is 2. The molecule has 0 aromatic rings. The molecule has 5 nitrogen and oxygen atoms in total. The van der Waals surface area contributed by atoms with Crippen LogP contribution in [0.15, 0.2) is 24.8 Å². The van der Waals surface area contributed by atoms with Gasteiger partial charge < -0.3 is 14.6 Å². The molecular weight excluding hydrogens is 284 g/mol. The Morgan fingerprint density at radius 2 is 2.36 bits per heavy atom. The summed E-state index contributed by atoms with van der Waals surface area (Å²) in [7, 11) is 0. The van der Waals surface area contributed by atoms with Crippen LogP contribution in [0.3, 0.4) is 0 Å². The van der Waals surface area contributed by atoms with E-state index in [0.29, 0.717) is 12.8 Å². The molecule has 120 valence electrons. The molecule has 3 rings (SSSR count). The average molecular weight is 306 g/mol. The quantitative estimate of drug-likeness (QED) is 0.487. The van der Waals surface area contributed by atoms with E-state index in [-0.39, 0.29) is 18.4 Å². The van der Waals surface area contributed by atoms with Gasteiger partial charge in [0.25, 0.3) is 0 Å². The maximum atomic E-state index is 12.3. The lowest BCUT2D eigenvalue weighted by Gasteiger charge is -2.40. The summed E-state index contributed by atoms with van der Waals surface area (Å²) in [6.45, 7) is 5.63. The van der Waals surface area contributed by atoms with E-state index in [1.54, 1.807) is 6.92 Å². The first-order valence-electron chi connectivity index (χ1n) is 7.88. The fourth-order valence-electron chi connectivity index (χ4n) is 4.61. The van der Waals surface area contributed by atoms with Crippen molar-refractivity contribution in [1.82, 2.24) is 0 Å². The third-order valence-electron chi connectivity index (χ3n) is 5.44. The van der Waals surface area contributed by atoms with Crippen LogP contribution >= 0.6 is 0 Å². The molecule has 22 heavy (non-hydrogen) atoms. The highest BCUT2D eigenvalue weighted by Gasteiger charge is 2.76. The number of esters is 2. The van der Waals surface area contributed by atoms with E-state index in [9.17, 15) is 14.7 Å². The van der Waals surface area contributed by atoms with Crippen LogP contribution in [0.1, 0.15) is 32.6 Å². The number of allylic oxidation sites excluding steroid dienone is 2. The number of hydrogen-bond acceptors (Lipinski definition) is 5. The molecule has 1 heterocycles. The minimum Gasteiger partial charge on any atom is -0.465 e. The van der Waals surface area contributed by atoms with Crippen LogP contribution in [-0.4, -0.2) is 34.9 Å². The molecule has 1 spiro atoms. The van der Waals surface area contributed by atoms with E-state index >= 15 is 0 Å². The Labute approximate surface area is 130 Å². The molecule has 1 unspecified atom stereocenters. The van der Waals surface area contributed by atoms with Crippen molar-refractivity contribution in [2.24, 2.45) is 17.8 Å². The fraction of sp³-hybridized carbons (Fsp3) is 0.647. The van der Waals surface area contributed by atoms with Gasteiger partial charge in [0.05, 0.1) is 6.61 Å². The number of hydrogen-bond donors (Lipinski definition) is 1. The first-order chi connectivity index (χ1) is 10.5. The maximum Gasteiger partial charge on any atom is 0.324 e. The van der Waals surface area contributed by atoms with E-state index in [4.69, 9.17) is 9.47 Å². The van der Waals surface area contributed by atoms with Crippen molar-refractivity contribution in [2.45, 2.75) is 43.8 Å². The summed E-state index contributed by atoms with van der Waals surface area (Å²) in [5, 5.41) is 11.3. The van der Waals surface area contributed by atoms with Gasteiger partial charge in [0, 0.05) is 12.3 Å². The monoisotopic (exact) mass is 306 g/mol. The zero-order valence-corrected chi connectivity index (χ0v) is 12.8. The van der Waals surface area contributed by atoms with Crippen LogP contribution in [0.4, 0.5) is 0 Å². The SMILES string of the molecule is C=CC[C@@H]1C[C@]2(O)C(C(=O)OCC)C(=O)O[C@@]23CC=CC[C@H]13. The van der Waals surface area contributed by atoms with Crippen LogP contribution in [-0.2, 0) is 19.1 Å². The molecule has 1 aliphatic heterocycles. The van der Waals surface area contributed by atoms with E-state index in [0.717, 1.165) is 12.8 Å². The summed E-state index contributed by atoms with van der Waals surface area (Å²) in [4.78, 5) is 24.5. The van der Waals surface area contributed by atoms with Gasteiger partial charge in [-0.3, -0.25) is 9.59 Å². The summed E-state index contributed by atoms with van der Waals surface area (Å²) in [6, 6.07) is 0. The molecule has 1 N–H and O–H groups in total. The second-order valence-corrected chi connectivity index (χ2v) is 6.43. The Morgan fingerprint density at radius 3 is 3.05 bits per heavy atom. The second kappa shape index (κ2) is 5.23. The molecule has 5 heteroatoms. The molecule has 3 aliphatic rings. The Morgan fingerprint density at radius 1 is 1.59 bits per heavy atom. The van der Waals surface area contributed by atoms with Gasteiger partial charge in [0.1, 0.15) is 11.2 Å². The van der Waals surface area contributed by atoms with Gasteiger partial charge >= 0.3 is 11.9 Å². The Hall–Kier alpha value is -1.62. The van der Waals surface area contributed by atoms with E-state index in [1.807, 2.05) is 12.2 Å². The maximum absolute atomic E-state index is 12.3. The van der Waals surface area contributed by atoms with Crippen molar-refractivity contribution < 1.29 is 24.2 Å². The molecule has 0 aromatic heterocycles. The number of rotatable bonds is 4. The van der Waals surface area contributed by atoms with Crippen LogP contribution in [0.2, 0.25) is 0 Å². The third-order valence-corrected chi connectivity index (χ3v) is 5.44. The van der Waals surface area contributed by atoms with Gasteiger partial charge in [-0.05, 0) is 32.1 Å². The predicted molar refractivity (Wildman–Crippen MR) is 78.7 cm³/mol. The summed E-state index contributed by atoms with van der Waals surface area (Å²) >= 11 is 0. The predicted octanol–water partition coefficient (Wildman–Crippen LogP) is 1.75. The lowest BCUT2D eigenvalue weighted by atomic mass is 9.70. The van der Waals surface area contributed by atoms with Crippen molar-refractivity contribution in [2.75, 3.05) is 6.61 Å². The van der Waals surface area contributed by atoms with Crippen molar-refractivity contribution in [3.05, 3.63) is 24.8 Å². The molecule has 0 aromatic carbocycles. The smallest absolute Gasteiger partial charge is 0.324 e. The molecule has 0 radical (unpaired) electrons. The Kier molecular flexibility index (Phi) is 3.63. The van der Waals surface area contributed by atoms with Crippen LogP contribution in [0.25, 0.3) is 0 Å². The number of carbonyl (C=O) groups excluding carboxylic acids is 2. The molecule has 5 atom stereocenters. The highest BCUT2D eigenvalue weighted by Crippen LogP contribution is 2.62. The van der Waals surface area contributed by atoms with Crippen LogP contribution < -0.4 is 0 Å². The lowest BCUT2D eigenvalue weighted by molar-refractivity contribution is -0.162. The molecule has 2 aliphatic carbocycles. The van der Waals surface area contributed by atoms with Gasteiger partial charge in [0.15, 0.2) is 5.92 Å². The van der Waals surface area contributed by atoms with Gasteiger partial charge in [-0.25, -0.2) is 0 Å². The average Bonchev–Trinajstić information content (AvgIpc) is 2.81. The highest BCUT2D eigenvalue weighted by molar-refractivity contribution is 5.99. The Bertz CT molecular complexity index is 539. The zero-order chi connectivity index (χ0) is 16.0. The number of carbonyl (C=O) groups is 2. The van der Waals surface area contributed by atoms with Crippen molar-refractivity contribution in [1.29, 1.82) is 0 Å². The van der Waals surface area contributed by atoms with Crippen molar-refractivity contribution >= 4 is 11.9 Å². The van der Waals surface area contributed by atoms with Crippen molar-refractivity contribution in [3.63, 3.8) is 0 Å². The molecule has 0 amide bonds. The van der Waals surface area contributed by atoms with E-state index in [2.05, 4.69) is 12.7 Å². The first-order valence-corrected chi connectivity index (χ1v) is 7.88. The Balaban J connectivity index is 2.03. The topological polar surface area (TPSA) is 72.8 Å². The normalized spacial score (nSPS) is 42.5. The van der Waals surface area contributed by atoms with Crippen molar-refractivity contribution in [3.8, 4) is 0 Å². The van der Waals surface area contributed by atoms with Gasteiger partial charge in [-0.1, -0.05) is 18.2 Å². The largest absolute Gasteiger partial charge is 0.465 e. The zero-order valence-electron chi connectivity index (χ0n) is 12.8. The van der Waals surface area contributed by atoms with Gasteiger partial charge in [-0.15, -0.1) is 6.58 Å². The fourth-order valence-corrected chi connectivity index (χ4v) is 4.61. The van der Waals surface area contributed by atoms with Crippen LogP contribution in [0.5, 0.6) is 0 Å². The minimum absolute atomic E-state index is 0.0175. The lowest BCUT2D eigenvalue weighted by Crippen LogP contribution is -2.55. The second-order valence-electron chi connectivity index (χ2n) is 6.43. The summed E-state index contributed by atoms with van der Waals surface area (Å²) in [5.41, 5.74) is -2.48. The van der Waals surface area contributed by atoms with Gasteiger partial charge in [0.2, 0.25) is 0 Å². The summed E-state index contributed by atoms with van der Waals surface area (Å²) in [5.74, 6) is -2.41. The standard InChI is InChI=1S/C17H22O5/c1-3-7-11-10-16(20)13(14(18)21-4-2)15(19)22-17(16)9-6-5-8-12(11)17/h3,5-6,11-13,20H,1,4,7-10H2,2H3/t11-,12-,13?,16+,17-/m1/s1. The van der Waals surface area contributed by atoms with Crippen LogP contribution in [0, 0.1) is 17.8 Å². The molecular formula is C17H22O5. The molecule has 1 saturated heterocycles.